The van der Waals surface area contributed by atoms with E-state index in [1.165, 1.54) is 0 Å². The van der Waals surface area contributed by atoms with E-state index in [4.69, 9.17) is 34.0 Å². The molecule has 0 unspecified atom stereocenters. The van der Waals surface area contributed by atoms with Gasteiger partial charge in [0.25, 0.3) is 0 Å². The first-order valence-electron chi connectivity index (χ1n) is 7.33. The molecule has 4 saturated heterocycles. The van der Waals surface area contributed by atoms with E-state index in [-0.39, 0.29) is 24.4 Å². The summed E-state index contributed by atoms with van der Waals surface area (Å²) in [6, 6.07) is 0. The zero-order chi connectivity index (χ0) is 14.1. The number of rotatable bonds is 8. The molecule has 120 valence electrons. The zero-order valence-corrected chi connectivity index (χ0v) is 13.8. The molecule has 0 aromatic heterocycles. The SMILES string of the molecule is C1OCC1[O][Ge]([O]C1COC1)([O]C1COC1)[O]C1COC1. The first-order valence-corrected chi connectivity index (χ1v) is 10.8. The van der Waals surface area contributed by atoms with E-state index in [1.54, 1.807) is 0 Å². The maximum absolute atomic E-state index is 6.12. The Labute approximate surface area is 126 Å². The minimum atomic E-state index is -3.85. The molecule has 4 rings (SSSR count). The molecule has 0 saturated carbocycles. The molecule has 0 amide bonds. The Morgan fingerprint density at radius 2 is 0.714 bits per heavy atom. The van der Waals surface area contributed by atoms with Crippen LogP contribution in [0.25, 0.3) is 0 Å². The summed E-state index contributed by atoms with van der Waals surface area (Å²) in [5, 5.41) is 0. The second-order valence-electron chi connectivity index (χ2n) is 5.61. The Morgan fingerprint density at radius 1 is 0.476 bits per heavy atom. The standard InChI is InChI=1S/C12H20GeO8/c1-9(2-14-1)18-13(19-10-3-15-4-10,20-11-5-16-6-11)21-12-7-17-8-12/h9-12H,1-8H2. The van der Waals surface area contributed by atoms with Gasteiger partial charge in [0.2, 0.25) is 0 Å². The number of ether oxygens (including phenoxy) is 4. The van der Waals surface area contributed by atoms with Crippen LogP contribution >= 0.6 is 0 Å². The van der Waals surface area contributed by atoms with Crippen LogP contribution in [0.4, 0.5) is 0 Å². The first-order chi connectivity index (χ1) is 10.3. The van der Waals surface area contributed by atoms with Gasteiger partial charge in [-0.2, -0.15) is 0 Å². The quantitative estimate of drug-likeness (QED) is 0.512. The Kier molecular flexibility index (Phi) is 4.49. The molecule has 4 aliphatic rings. The number of hydrogen-bond donors (Lipinski definition) is 0. The van der Waals surface area contributed by atoms with E-state index in [2.05, 4.69) is 0 Å². The minimum absolute atomic E-state index is 0.00650. The van der Waals surface area contributed by atoms with Crippen LogP contribution < -0.4 is 0 Å². The van der Waals surface area contributed by atoms with Gasteiger partial charge in [0, 0.05) is 0 Å². The van der Waals surface area contributed by atoms with Crippen molar-refractivity contribution in [3.63, 3.8) is 0 Å². The van der Waals surface area contributed by atoms with Crippen LogP contribution in [0.2, 0.25) is 0 Å². The summed E-state index contributed by atoms with van der Waals surface area (Å²) < 4.78 is 45.2. The van der Waals surface area contributed by atoms with Crippen LogP contribution in [0.15, 0.2) is 0 Å². The van der Waals surface area contributed by atoms with Crippen LogP contribution in [0.1, 0.15) is 0 Å². The van der Waals surface area contributed by atoms with Crippen LogP contribution in [-0.2, 0) is 34.0 Å². The first kappa shape index (κ1) is 14.8. The monoisotopic (exact) mass is 366 g/mol. The summed E-state index contributed by atoms with van der Waals surface area (Å²) >= 11 is -3.85. The van der Waals surface area contributed by atoms with Crippen LogP contribution in [-0.4, -0.2) is 91.9 Å². The average molecular weight is 365 g/mol. The van der Waals surface area contributed by atoms with E-state index in [1.807, 2.05) is 0 Å². The van der Waals surface area contributed by atoms with Crippen molar-refractivity contribution >= 4 is 14.6 Å². The molecule has 4 heterocycles. The van der Waals surface area contributed by atoms with Gasteiger partial charge in [0.15, 0.2) is 0 Å². The normalized spacial score (nSPS) is 28.6. The third-order valence-electron chi connectivity index (χ3n) is 3.67. The summed E-state index contributed by atoms with van der Waals surface area (Å²) in [4.78, 5) is 0. The van der Waals surface area contributed by atoms with Gasteiger partial charge in [-0.15, -0.1) is 0 Å². The van der Waals surface area contributed by atoms with Gasteiger partial charge in [-0.3, -0.25) is 0 Å². The summed E-state index contributed by atoms with van der Waals surface area (Å²) in [7, 11) is 0. The topological polar surface area (TPSA) is 73.8 Å². The third kappa shape index (κ3) is 3.43. The maximum atomic E-state index is 6.12. The molecule has 9 heteroatoms. The van der Waals surface area contributed by atoms with Gasteiger partial charge >= 0.3 is 126 Å². The predicted octanol–water partition coefficient (Wildman–Crippen LogP) is -0.916. The van der Waals surface area contributed by atoms with Gasteiger partial charge in [0.1, 0.15) is 0 Å². The predicted molar refractivity (Wildman–Crippen MR) is 68.5 cm³/mol. The average Bonchev–Trinajstić information content (AvgIpc) is 2.28. The van der Waals surface area contributed by atoms with Gasteiger partial charge in [-0.05, 0) is 0 Å². The van der Waals surface area contributed by atoms with Gasteiger partial charge in [0.05, 0.1) is 0 Å². The molecule has 0 atom stereocenters. The molecule has 0 radical (unpaired) electrons. The van der Waals surface area contributed by atoms with Crippen molar-refractivity contribution in [1.82, 2.24) is 0 Å². The fourth-order valence-electron chi connectivity index (χ4n) is 2.11. The van der Waals surface area contributed by atoms with Gasteiger partial charge in [-0.1, -0.05) is 0 Å². The van der Waals surface area contributed by atoms with Crippen molar-refractivity contribution in [2.24, 2.45) is 0 Å². The number of hydrogen-bond acceptors (Lipinski definition) is 8. The van der Waals surface area contributed by atoms with Crippen molar-refractivity contribution in [3.8, 4) is 0 Å². The van der Waals surface area contributed by atoms with E-state index in [0.717, 1.165) is 0 Å². The molecule has 0 aromatic rings. The Balaban J connectivity index is 1.45. The van der Waals surface area contributed by atoms with Crippen molar-refractivity contribution in [3.05, 3.63) is 0 Å². The Morgan fingerprint density at radius 3 is 0.857 bits per heavy atom. The van der Waals surface area contributed by atoms with Crippen molar-refractivity contribution < 1.29 is 34.0 Å². The molecule has 8 nitrogen and oxygen atoms in total. The van der Waals surface area contributed by atoms with Gasteiger partial charge < -0.3 is 0 Å². The zero-order valence-electron chi connectivity index (χ0n) is 11.7. The van der Waals surface area contributed by atoms with Crippen LogP contribution in [0.5, 0.6) is 0 Å². The molecular weight excluding hydrogens is 345 g/mol. The van der Waals surface area contributed by atoms with Gasteiger partial charge in [-0.25, -0.2) is 0 Å². The summed E-state index contributed by atoms with van der Waals surface area (Å²) in [6.07, 6.45) is -0.0260. The Bertz CT molecular complexity index is 284. The van der Waals surface area contributed by atoms with Crippen LogP contribution in [0, 0.1) is 0 Å². The third-order valence-corrected chi connectivity index (χ3v) is 8.89. The van der Waals surface area contributed by atoms with E-state index >= 15 is 0 Å². The van der Waals surface area contributed by atoms with E-state index < -0.39 is 14.6 Å². The van der Waals surface area contributed by atoms with Crippen molar-refractivity contribution in [2.45, 2.75) is 24.4 Å². The molecular formula is C12H20GeO8. The van der Waals surface area contributed by atoms with Crippen LogP contribution in [0.3, 0.4) is 0 Å². The fraction of sp³-hybridized carbons (Fsp3) is 1.00. The summed E-state index contributed by atoms with van der Waals surface area (Å²) in [5.74, 6) is 0. The molecule has 21 heavy (non-hydrogen) atoms. The Hall–Kier alpha value is 0.223. The molecule has 4 aliphatic heterocycles. The molecule has 0 bridgehead atoms. The fourth-order valence-corrected chi connectivity index (χ4v) is 7.38. The second kappa shape index (κ2) is 6.38. The molecule has 4 fully saturated rings. The van der Waals surface area contributed by atoms with Crippen molar-refractivity contribution in [2.75, 3.05) is 52.9 Å². The van der Waals surface area contributed by atoms with Crippen molar-refractivity contribution in [1.29, 1.82) is 0 Å². The summed E-state index contributed by atoms with van der Waals surface area (Å²) in [5.41, 5.74) is 0. The molecule has 0 spiro atoms. The van der Waals surface area contributed by atoms with E-state index in [9.17, 15) is 0 Å². The summed E-state index contributed by atoms with van der Waals surface area (Å²) in [6.45, 7) is 4.50. The molecule has 0 aliphatic carbocycles. The van der Waals surface area contributed by atoms with E-state index in [0.29, 0.717) is 52.9 Å². The second-order valence-corrected chi connectivity index (χ2v) is 9.69. The molecule has 0 aromatic carbocycles. The molecule has 0 N–H and O–H groups in total.